The Bertz CT molecular complexity index is 1270. The minimum absolute atomic E-state index is 0.0497. The molecule has 2 N–H and O–H groups in total. The molecule has 0 atom stereocenters. The smallest absolute Gasteiger partial charge is 0.417 e. The number of carbonyl (C=O) groups excluding carboxylic acids is 2. The van der Waals surface area contributed by atoms with Crippen molar-refractivity contribution in [1.29, 1.82) is 0 Å². The van der Waals surface area contributed by atoms with Gasteiger partial charge in [-0.05, 0) is 47.7 Å². The number of anilines is 1. The van der Waals surface area contributed by atoms with Crippen LogP contribution in [0.2, 0.25) is 0 Å². The van der Waals surface area contributed by atoms with Gasteiger partial charge in [0.15, 0.2) is 0 Å². The van der Waals surface area contributed by atoms with Crippen LogP contribution in [0.15, 0.2) is 66.7 Å². The van der Waals surface area contributed by atoms with Gasteiger partial charge < -0.3 is 15.3 Å². The number of halogens is 3. The molecule has 0 aliphatic rings. The van der Waals surface area contributed by atoms with E-state index in [2.05, 4.69) is 5.32 Å². The first-order valence-corrected chi connectivity index (χ1v) is 11.1. The maximum Gasteiger partial charge on any atom is 0.417 e. The maximum atomic E-state index is 13.9. The summed E-state index contributed by atoms with van der Waals surface area (Å²) in [5, 5.41) is 11.4. The Labute approximate surface area is 206 Å². The lowest BCUT2D eigenvalue weighted by atomic mass is 9.94. The number of aryl methyl sites for hydroxylation is 1. The first-order valence-electron chi connectivity index (χ1n) is 11.1. The average Bonchev–Trinajstić information content (AvgIpc) is 2.83. The Kier molecular flexibility index (Phi) is 8.14. The zero-order chi connectivity index (χ0) is 26.5. The molecule has 0 aliphatic carbocycles. The van der Waals surface area contributed by atoms with E-state index in [4.69, 9.17) is 5.11 Å². The van der Waals surface area contributed by atoms with Crippen LogP contribution in [0.25, 0.3) is 11.1 Å². The number of hydrogen-bond acceptors (Lipinski definition) is 3. The van der Waals surface area contributed by atoms with Gasteiger partial charge in [0.25, 0.3) is 11.8 Å². The van der Waals surface area contributed by atoms with Crippen LogP contribution in [0.5, 0.6) is 0 Å². The zero-order valence-electron chi connectivity index (χ0n) is 19.7. The van der Waals surface area contributed by atoms with Crippen molar-refractivity contribution in [2.24, 2.45) is 0 Å². The van der Waals surface area contributed by atoms with E-state index in [1.165, 1.54) is 43.3 Å². The zero-order valence-corrected chi connectivity index (χ0v) is 19.7. The molecule has 9 heteroatoms. The lowest BCUT2D eigenvalue weighted by Gasteiger charge is -2.19. The number of benzene rings is 3. The number of nitrogens with one attached hydrogen (secondary N) is 1. The summed E-state index contributed by atoms with van der Waals surface area (Å²) in [6.45, 7) is 0. The number of hydrogen-bond donors (Lipinski definition) is 2. The van der Waals surface area contributed by atoms with Crippen molar-refractivity contribution in [2.75, 3.05) is 19.4 Å². The molecule has 3 rings (SSSR count). The summed E-state index contributed by atoms with van der Waals surface area (Å²) in [6.07, 6.45) is -4.11. The highest BCUT2D eigenvalue weighted by molar-refractivity contribution is 6.12. The molecule has 3 aromatic rings. The minimum Gasteiger partial charge on any atom is -0.481 e. The van der Waals surface area contributed by atoms with Crippen LogP contribution in [-0.2, 0) is 17.4 Å². The molecule has 0 fully saturated rings. The largest absolute Gasteiger partial charge is 0.481 e. The average molecular weight is 499 g/mol. The summed E-state index contributed by atoms with van der Waals surface area (Å²) in [5.41, 5.74) is -0.290. The molecule has 0 saturated heterocycles. The van der Waals surface area contributed by atoms with Crippen LogP contribution >= 0.6 is 0 Å². The van der Waals surface area contributed by atoms with E-state index in [0.717, 1.165) is 6.07 Å². The van der Waals surface area contributed by atoms with Crippen molar-refractivity contribution < 1.29 is 32.7 Å². The second kappa shape index (κ2) is 11.1. The van der Waals surface area contributed by atoms with Gasteiger partial charge in [-0.3, -0.25) is 14.4 Å². The highest BCUT2D eigenvalue weighted by Crippen LogP contribution is 2.37. The fourth-order valence-corrected chi connectivity index (χ4v) is 3.79. The van der Waals surface area contributed by atoms with Crippen molar-refractivity contribution in [2.45, 2.75) is 25.4 Å². The predicted octanol–water partition coefficient (Wildman–Crippen LogP) is 5.73. The Morgan fingerprint density at radius 2 is 1.64 bits per heavy atom. The molecular weight excluding hydrogens is 473 g/mol. The minimum atomic E-state index is -4.78. The Balaban J connectivity index is 2.05. The van der Waals surface area contributed by atoms with Gasteiger partial charge in [-0.2, -0.15) is 13.2 Å². The normalized spacial score (nSPS) is 11.1. The molecule has 0 saturated carbocycles. The lowest BCUT2D eigenvalue weighted by molar-refractivity contribution is -0.138. The van der Waals surface area contributed by atoms with Gasteiger partial charge in [0.2, 0.25) is 0 Å². The third-order valence-electron chi connectivity index (χ3n) is 5.51. The summed E-state index contributed by atoms with van der Waals surface area (Å²) < 4.78 is 41.7. The standard InChI is InChI=1S/C27H25F3N2O4/c1-32(2)26(36)20-16-17(8-6-13-23(33)34)14-15-22(20)31-25(35)24-19(18-9-4-3-5-10-18)11-7-12-21(24)27(28,29)30/h3-5,7,9-12,14-16H,6,8,13H2,1-2H3,(H,31,35)(H,33,34). The topological polar surface area (TPSA) is 86.7 Å². The Morgan fingerprint density at radius 3 is 2.25 bits per heavy atom. The SMILES string of the molecule is CN(C)C(=O)c1cc(CCCC(=O)O)ccc1NC(=O)c1c(-c2ccccc2)cccc1C(F)(F)F. The molecule has 0 unspecified atom stereocenters. The third-order valence-corrected chi connectivity index (χ3v) is 5.51. The molecule has 0 heterocycles. The predicted molar refractivity (Wildman–Crippen MR) is 130 cm³/mol. The Hall–Kier alpha value is -4.14. The summed E-state index contributed by atoms with van der Waals surface area (Å²) in [5.74, 6) is -2.41. The number of rotatable bonds is 8. The molecule has 0 bridgehead atoms. The number of carbonyl (C=O) groups is 3. The number of carboxylic acid groups (broad SMARTS) is 1. The highest BCUT2D eigenvalue weighted by Gasteiger charge is 2.37. The van der Waals surface area contributed by atoms with Crippen LogP contribution in [-0.4, -0.2) is 41.9 Å². The van der Waals surface area contributed by atoms with Crippen molar-refractivity contribution in [1.82, 2.24) is 4.90 Å². The van der Waals surface area contributed by atoms with E-state index >= 15 is 0 Å². The van der Waals surface area contributed by atoms with Crippen molar-refractivity contribution in [3.8, 4) is 11.1 Å². The number of aliphatic carboxylic acids is 1. The van der Waals surface area contributed by atoms with Crippen molar-refractivity contribution in [3.05, 3.63) is 89.0 Å². The van der Waals surface area contributed by atoms with Crippen LogP contribution in [0, 0.1) is 0 Å². The van der Waals surface area contributed by atoms with Crippen LogP contribution in [0.4, 0.5) is 18.9 Å². The molecule has 36 heavy (non-hydrogen) atoms. The van der Waals surface area contributed by atoms with E-state index in [1.54, 1.807) is 36.4 Å². The summed E-state index contributed by atoms with van der Waals surface area (Å²) in [6, 6.07) is 16.4. The van der Waals surface area contributed by atoms with Gasteiger partial charge in [-0.25, -0.2) is 0 Å². The van der Waals surface area contributed by atoms with Gasteiger partial charge in [0.05, 0.1) is 22.4 Å². The molecule has 0 aliphatic heterocycles. The van der Waals surface area contributed by atoms with Gasteiger partial charge in [-0.15, -0.1) is 0 Å². The van der Waals surface area contributed by atoms with Crippen LogP contribution < -0.4 is 5.32 Å². The second-order valence-electron chi connectivity index (χ2n) is 8.37. The fourth-order valence-electron chi connectivity index (χ4n) is 3.79. The summed E-state index contributed by atoms with van der Waals surface area (Å²) >= 11 is 0. The monoisotopic (exact) mass is 498 g/mol. The third kappa shape index (κ3) is 6.29. The van der Waals surface area contributed by atoms with Gasteiger partial charge >= 0.3 is 12.1 Å². The van der Waals surface area contributed by atoms with Crippen LogP contribution in [0.1, 0.15) is 44.7 Å². The molecule has 188 valence electrons. The van der Waals surface area contributed by atoms with E-state index in [1.807, 2.05) is 0 Å². The summed E-state index contributed by atoms with van der Waals surface area (Å²) in [7, 11) is 3.02. The number of carboxylic acids is 1. The first kappa shape index (κ1) is 26.5. The van der Waals surface area contributed by atoms with E-state index < -0.39 is 35.1 Å². The molecule has 3 aromatic carbocycles. The molecule has 0 spiro atoms. The van der Waals surface area contributed by atoms with Crippen molar-refractivity contribution in [3.63, 3.8) is 0 Å². The lowest BCUT2D eigenvalue weighted by Crippen LogP contribution is -2.25. The number of amides is 2. The van der Waals surface area contributed by atoms with Gasteiger partial charge in [-0.1, -0.05) is 48.5 Å². The second-order valence-corrected chi connectivity index (χ2v) is 8.37. The highest BCUT2D eigenvalue weighted by atomic mass is 19.4. The quantitative estimate of drug-likeness (QED) is 0.415. The Morgan fingerprint density at radius 1 is 0.944 bits per heavy atom. The molecule has 0 aromatic heterocycles. The molecule has 6 nitrogen and oxygen atoms in total. The first-order chi connectivity index (χ1) is 17.0. The van der Waals surface area contributed by atoms with Crippen molar-refractivity contribution >= 4 is 23.5 Å². The number of alkyl halides is 3. The summed E-state index contributed by atoms with van der Waals surface area (Å²) in [4.78, 5) is 38.3. The van der Waals surface area contributed by atoms with E-state index in [9.17, 15) is 27.6 Å². The van der Waals surface area contributed by atoms with Gasteiger partial charge in [0.1, 0.15) is 0 Å². The van der Waals surface area contributed by atoms with Gasteiger partial charge in [0, 0.05) is 20.5 Å². The van der Waals surface area contributed by atoms with E-state index in [-0.39, 0.29) is 23.2 Å². The molecular formula is C27H25F3N2O4. The fraction of sp³-hybridized carbons (Fsp3) is 0.222. The van der Waals surface area contributed by atoms with Crippen LogP contribution in [0.3, 0.4) is 0 Å². The molecule has 0 radical (unpaired) electrons. The number of nitrogens with zero attached hydrogens (tertiary/aromatic N) is 1. The van der Waals surface area contributed by atoms with E-state index in [0.29, 0.717) is 24.0 Å². The maximum absolute atomic E-state index is 13.9. The molecule has 2 amide bonds.